The van der Waals surface area contributed by atoms with Gasteiger partial charge in [-0.05, 0) is 31.5 Å². The monoisotopic (exact) mass is 268 g/mol. The number of ether oxygens (including phenoxy) is 3. The minimum Gasteiger partial charge on any atom is -0.493 e. The lowest BCUT2D eigenvalue weighted by molar-refractivity contribution is -0.150. The van der Waals surface area contributed by atoms with E-state index in [1.807, 2.05) is 25.1 Å². The van der Waals surface area contributed by atoms with Crippen molar-refractivity contribution >= 4 is 5.97 Å². The third kappa shape index (κ3) is 4.79. The van der Waals surface area contributed by atoms with Gasteiger partial charge in [-0.1, -0.05) is 6.07 Å². The molecular weight excluding hydrogens is 248 g/mol. The number of rotatable bonds is 8. The van der Waals surface area contributed by atoms with Crippen LogP contribution in [0.3, 0.4) is 0 Å². The highest BCUT2D eigenvalue weighted by Crippen LogP contribution is 2.27. The molecule has 0 heterocycles. The molecule has 1 aromatic rings. The molecule has 5 nitrogen and oxygen atoms in total. The van der Waals surface area contributed by atoms with E-state index in [1.54, 1.807) is 14.0 Å². The lowest BCUT2D eigenvalue weighted by atomic mass is 10.2. The normalized spacial score (nSPS) is 11.9. The van der Waals surface area contributed by atoms with Crippen molar-refractivity contribution in [1.82, 2.24) is 0 Å². The van der Waals surface area contributed by atoms with Crippen molar-refractivity contribution in [3.63, 3.8) is 0 Å². The molecule has 0 bridgehead atoms. The fourth-order valence-electron chi connectivity index (χ4n) is 1.65. The molecule has 0 aliphatic rings. The Kier molecular flexibility index (Phi) is 6.15. The molecule has 0 aromatic heterocycles. The Labute approximate surface area is 113 Å². The van der Waals surface area contributed by atoms with Crippen molar-refractivity contribution in [2.24, 2.45) is 0 Å². The first kappa shape index (κ1) is 15.3. The fraction of sp³-hybridized carbons (Fsp3) is 0.500. The summed E-state index contributed by atoms with van der Waals surface area (Å²) < 4.78 is 15.9. The van der Waals surface area contributed by atoms with Gasteiger partial charge >= 0.3 is 5.97 Å². The fourth-order valence-corrected chi connectivity index (χ4v) is 1.65. The quantitative estimate of drug-likeness (QED) is 0.783. The summed E-state index contributed by atoms with van der Waals surface area (Å²) in [7, 11) is 1.57. The van der Waals surface area contributed by atoms with E-state index >= 15 is 0 Å². The van der Waals surface area contributed by atoms with E-state index in [4.69, 9.17) is 19.3 Å². The molecule has 0 aliphatic heterocycles. The largest absolute Gasteiger partial charge is 0.493 e. The second-order valence-electron chi connectivity index (χ2n) is 4.07. The summed E-state index contributed by atoms with van der Waals surface area (Å²) in [4.78, 5) is 10.9. The molecule has 0 radical (unpaired) electrons. The first-order valence-corrected chi connectivity index (χ1v) is 6.20. The highest BCUT2D eigenvalue weighted by atomic mass is 16.5. The number of hydrogen-bond acceptors (Lipinski definition) is 4. The van der Waals surface area contributed by atoms with Gasteiger partial charge in [0.15, 0.2) is 17.6 Å². The number of aryl methyl sites for hydroxylation is 1. The standard InChI is InChI=1S/C14H20O5/c1-4-18-12(14(15)16)7-8-19-11-6-5-10(2)9-13(11)17-3/h5-6,9,12H,4,7-8H2,1-3H3,(H,15,16). The SMILES string of the molecule is CCOC(CCOc1ccc(C)cc1OC)C(=O)O. The highest BCUT2D eigenvalue weighted by Gasteiger charge is 2.17. The predicted molar refractivity (Wildman–Crippen MR) is 70.9 cm³/mol. The minimum atomic E-state index is -0.971. The summed E-state index contributed by atoms with van der Waals surface area (Å²) in [6.07, 6.45) is -0.540. The average Bonchev–Trinajstić information content (AvgIpc) is 2.39. The van der Waals surface area contributed by atoms with Gasteiger partial charge in [0.25, 0.3) is 0 Å². The third-order valence-electron chi connectivity index (χ3n) is 2.60. The van der Waals surface area contributed by atoms with Gasteiger partial charge in [-0.25, -0.2) is 4.79 Å². The Morgan fingerprint density at radius 1 is 1.37 bits per heavy atom. The number of hydrogen-bond donors (Lipinski definition) is 1. The zero-order valence-electron chi connectivity index (χ0n) is 11.5. The molecule has 5 heteroatoms. The summed E-state index contributed by atoms with van der Waals surface area (Å²) in [6.45, 7) is 4.35. The van der Waals surface area contributed by atoms with Crippen molar-refractivity contribution in [1.29, 1.82) is 0 Å². The van der Waals surface area contributed by atoms with Crippen molar-refractivity contribution in [2.45, 2.75) is 26.4 Å². The lowest BCUT2D eigenvalue weighted by Gasteiger charge is -2.14. The molecule has 0 saturated heterocycles. The van der Waals surface area contributed by atoms with Gasteiger partial charge in [-0.2, -0.15) is 0 Å². The first-order valence-electron chi connectivity index (χ1n) is 6.20. The van der Waals surface area contributed by atoms with Gasteiger partial charge < -0.3 is 19.3 Å². The number of carboxylic acid groups (broad SMARTS) is 1. The molecule has 19 heavy (non-hydrogen) atoms. The zero-order valence-corrected chi connectivity index (χ0v) is 11.5. The van der Waals surface area contributed by atoms with E-state index in [0.717, 1.165) is 5.56 Å². The van der Waals surface area contributed by atoms with Gasteiger partial charge in [-0.15, -0.1) is 0 Å². The summed E-state index contributed by atoms with van der Waals surface area (Å²) in [5, 5.41) is 8.93. The maximum Gasteiger partial charge on any atom is 0.332 e. The third-order valence-corrected chi connectivity index (χ3v) is 2.60. The summed E-state index contributed by atoms with van der Waals surface area (Å²) >= 11 is 0. The van der Waals surface area contributed by atoms with E-state index in [1.165, 1.54) is 0 Å². The van der Waals surface area contributed by atoms with E-state index < -0.39 is 12.1 Å². The van der Waals surface area contributed by atoms with Crippen LogP contribution in [-0.2, 0) is 9.53 Å². The predicted octanol–water partition coefficient (Wildman–Crippen LogP) is 2.26. The zero-order chi connectivity index (χ0) is 14.3. The van der Waals surface area contributed by atoms with Crippen LogP contribution in [0.5, 0.6) is 11.5 Å². The van der Waals surface area contributed by atoms with Crippen molar-refractivity contribution in [3.8, 4) is 11.5 Å². The van der Waals surface area contributed by atoms with Crippen molar-refractivity contribution in [2.75, 3.05) is 20.3 Å². The highest BCUT2D eigenvalue weighted by molar-refractivity contribution is 5.72. The van der Waals surface area contributed by atoms with Crippen LogP contribution in [0.2, 0.25) is 0 Å². The van der Waals surface area contributed by atoms with Crippen molar-refractivity contribution < 1.29 is 24.1 Å². The molecule has 0 fully saturated rings. The van der Waals surface area contributed by atoms with Gasteiger partial charge in [0.2, 0.25) is 0 Å². The van der Waals surface area contributed by atoms with E-state index in [0.29, 0.717) is 24.5 Å². The second-order valence-corrected chi connectivity index (χ2v) is 4.07. The van der Waals surface area contributed by atoms with Crippen LogP contribution in [0.15, 0.2) is 18.2 Å². The molecule has 1 N–H and O–H groups in total. The summed E-state index contributed by atoms with van der Waals surface area (Å²) in [6, 6.07) is 5.59. The molecule has 1 aromatic carbocycles. The molecule has 1 atom stereocenters. The topological polar surface area (TPSA) is 65.0 Å². The maximum absolute atomic E-state index is 10.9. The van der Waals surface area contributed by atoms with Crippen LogP contribution in [0, 0.1) is 6.92 Å². The smallest absolute Gasteiger partial charge is 0.332 e. The lowest BCUT2D eigenvalue weighted by Crippen LogP contribution is -2.26. The Hall–Kier alpha value is -1.75. The van der Waals surface area contributed by atoms with Crippen LogP contribution in [0.1, 0.15) is 18.9 Å². The average molecular weight is 268 g/mol. The Bertz CT molecular complexity index is 416. The molecule has 0 aliphatic carbocycles. The molecule has 1 unspecified atom stereocenters. The Balaban J connectivity index is 2.54. The number of carboxylic acids is 1. The molecule has 106 valence electrons. The van der Waals surface area contributed by atoms with Crippen LogP contribution < -0.4 is 9.47 Å². The van der Waals surface area contributed by atoms with Gasteiger partial charge in [0.05, 0.1) is 13.7 Å². The molecule has 1 rings (SSSR count). The van der Waals surface area contributed by atoms with Crippen LogP contribution in [0.4, 0.5) is 0 Å². The number of methoxy groups -OCH3 is 1. The molecule has 0 saturated carbocycles. The van der Waals surface area contributed by atoms with E-state index in [9.17, 15) is 4.79 Å². The van der Waals surface area contributed by atoms with Gasteiger partial charge in [-0.3, -0.25) is 0 Å². The second kappa shape index (κ2) is 7.63. The van der Waals surface area contributed by atoms with Crippen LogP contribution >= 0.6 is 0 Å². The van der Waals surface area contributed by atoms with Gasteiger partial charge in [0, 0.05) is 13.0 Å². The van der Waals surface area contributed by atoms with E-state index in [-0.39, 0.29) is 6.61 Å². The molecule has 0 spiro atoms. The maximum atomic E-state index is 10.9. The molecular formula is C14H20O5. The number of aliphatic carboxylic acids is 1. The van der Waals surface area contributed by atoms with Crippen LogP contribution in [0.25, 0.3) is 0 Å². The minimum absolute atomic E-state index is 0.260. The Morgan fingerprint density at radius 2 is 2.11 bits per heavy atom. The Morgan fingerprint density at radius 3 is 2.68 bits per heavy atom. The van der Waals surface area contributed by atoms with Crippen LogP contribution in [-0.4, -0.2) is 37.5 Å². The summed E-state index contributed by atoms with van der Waals surface area (Å²) in [5.41, 5.74) is 1.07. The summed E-state index contributed by atoms with van der Waals surface area (Å²) in [5.74, 6) is 0.276. The van der Waals surface area contributed by atoms with Crippen molar-refractivity contribution in [3.05, 3.63) is 23.8 Å². The number of carbonyl (C=O) groups is 1. The van der Waals surface area contributed by atoms with E-state index in [2.05, 4.69) is 0 Å². The number of benzene rings is 1. The molecule has 0 amide bonds. The van der Waals surface area contributed by atoms with Gasteiger partial charge in [0.1, 0.15) is 0 Å². The first-order chi connectivity index (χ1) is 9.08.